The van der Waals surface area contributed by atoms with Gasteiger partial charge in [-0.3, -0.25) is 14.4 Å². The molecule has 1 N–H and O–H groups in total. The van der Waals surface area contributed by atoms with Crippen LogP contribution in [0.2, 0.25) is 0 Å². The van der Waals surface area contributed by atoms with Crippen molar-refractivity contribution in [3.05, 3.63) is 29.0 Å². The summed E-state index contributed by atoms with van der Waals surface area (Å²) in [4.78, 5) is 33.2. The zero-order valence-corrected chi connectivity index (χ0v) is 7.57. The van der Waals surface area contributed by atoms with Gasteiger partial charge in [0.2, 0.25) is 5.78 Å². The summed E-state index contributed by atoms with van der Waals surface area (Å²) < 4.78 is 0. The summed E-state index contributed by atoms with van der Waals surface area (Å²) in [5.41, 5.74) is -0.201. The molecule has 0 saturated heterocycles. The van der Waals surface area contributed by atoms with Gasteiger partial charge in [0.05, 0.1) is 12.6 Å². The quantitative estimate of drug-likeness (QED) is 0.327. The van der Waals surface area contributed by atoms with Gasteiger partial charge in [-0.05, 0) is 12.2 Å². The number of Topliss-reactive ketones (excluding diaryl/α,β-unsaturated/α-hetero) is 1. The molecule has 0 saturated carbocycles. The van der Waals surface area contributed by atoms with E-state index >= 15 is 0 Å². The van der Waals surface area contributed by atoms with Crippen LogP contribution in [-0.4, -0.2) is 30.9 Å². The molecule has 1 rings (SSSR count). The molecule has 0 bridgehead atoms. The third-order valence-electron chi connectivity index (χ3n) is 1.66. The molecule has 0 fully saturated rings. The lowest BCUT2D eigenvalue weighted by Gasteiger charge is -2.15. The highest BCUT2D eigenvalue weighted by Gasteiger charge is 2.21. The average Bonchev–Trinajstić information content (AvgIpc) is 2.08. The highest BCUT2D eigenvalue weighted by Crippen LogP contribution is 2.05. The van der Waals surface area contributed by atoms with Crippen molar-refractivity contribution in [3.8, 4) is 0 Å². The molecular weight excluding hydrogens is 186 g/mol. The van der Waals surface area contributed by atoms with Gasteiger partial charge in [-0.2, -0.15) is 0 Å². The van der Waals surface area contributed by atoms with Crippen LogP contribution in [0.25, 0.3) is 0 Å². The van der Waals surface area contributed by atoms with Gasteiger partial charge in [0.15, 0.2) is 11.6 Å². The van der Waals surface area contributed by atoms with Crippen molar-refractivity contribution in [2.24, 2.45) is 0 Å². The number of hydroxylamine groups is 2. The number of hydrogen-bond donors (Lipinski definition) is 1. The minimum atomic E-state index is -0.597. The summed E-state index contributed by atoms with van der Waals surface area (Å²) >= 11 is 0. The van der Waals surface area contributed by atoms with Crippen molar-refractivity contribution in [3.63, 3.8) is 0 Å². The van der Waals surface area contributed by atoms with Crippen LogP contribution in [0.4, 0.5) is 0 Å². The second-order valence-electron chi connectivity index (χ2n) is 2.96. The first kappa shape index (κ1) is 10.5. The number of nitrogens with one attached hydrogen (secondary N) is 1. The number of rotatable bonds is 3. The first-order chi connectivity index (χ1) is 6.50. The van der Waals surface area contributed by atoms with Crippen LogP contribution in [-0.2, 0) is 14.4 Å². The molecule has 0 aromatic heterocycles. The predicted octanol–water partition coefficient (Wildman–Crippen LogP) is -1.80. The number of carbonyl (C=O) groups excluding carboxylic acids is 3. The van der Waals surface area contributed by atoms with Crippen molar-refractivity contribution in [1.82, 2.24) is 0 Å². The molecule has 0 aromatic carbocycles. The van der Waals surface area contributed by atoms with E-state index in [2.05, 4.69) is 0 Å². The summed E-state index contributed by atoms with van der Waals surface area (Å²) in [7, 11) is 1.25. The van der Waals surface area contributed by atoms with Crippen LogP contribution in [0.15, 0.2) is 23.8 Å². The van der Waals surface area contributed by atoms with E-state index in [0.717, 1.165) is 18.2 Å². The Hall–Kier alpha value is -1.59. The topological polar surface area (TPSA) is 78.7 Å². The summed E-state index contributed by atoms with van der Waals surface area (Å²) in [5, 5.41) is 10.3. The SMILES string of the molecule is C[NH+]([O-])CC(=O)C1=CC(=O)C=CC1=O. The van der Waals surface area contributed by atoms with E-state index in [1.807, 2.05) is 0 Å². The average molecular weight is 195 g/mol. The third kappa shape index (κ3) is 2.45. The maximum Gasteiger partial charge on any atom is 0.221 e. The second-order valence-corrected chi connectivity index (χ2v) is 2.96. The molecule has 0 aliphatic heterocycles. The molecule has 0 aromatic rings. The predicted molar refractivity (Wildman–Crippen MR) is 47.4 cm³/mol. The zero-order valence-electron chi connectivity index (χ0n) is 7.57. The Morgan fingerprint density at radius 1 is 1.43 bits per heavy atom. The Labute approximate surface area is 80.3 Å². The molecule has 14 heavy (non-hydrogen) atoms. The summed E-state index contributed by atoms with van der Waals surface area (Å²) in [6.07, 6.45) is 3.09. The Kier molecular flexibility index (Phi) is 3.06. The lowest BCUT2D eigenvalue weighted by atomic mass is 10.00. The minimum Gasteiger partial charge on any atom is -0.634 e. The lowest BCUT2D eigenvalue weighted by molar-refractivity contribution is -0.816. The minimum absolute atomic E-state index is 0.201. The monoisotopic (exact) mass is 195 g/mol. The summed E-state index contributed by atoms with van der Waals surface area (Å²) in [5.74, 6) is -1.52. The molecule has 0 radical (unpaired) electrons. The molecule has 0 amide bonds. The molecule has 1 aliphatic carbocycles. The number of likely N-dealkylation sites (N-methyl/N-ethyl adjacent to an activating group) is 1. The molecule has 5 heteroatoms. The smallest absolute Gasteiger partial charge is 0.221 e. The van der Waals surface area contributed by atoms with E-state index in [1.54, 1.807) is 0 Å². The molecule has 1 atom stereocenters. The van der Waals surface area contributed by atoms with Crippen LogP contribution in [0.5, 0.6) is 0 Å². The van der Waals surface area contributed by atoms with Crippen molar-refractivity contribution in [1.29, 1.82) is 0 Å². The van der Waals surface area contributed by atoms with E-state index in [4.69, 9.17) is 0 Å². The number of ketones is 3. The molecule has 1 aliphatic rings. The first-order valence-corrected chi connectivity index (χ1v) is 4.01. The van der Waals surface area contributed by atoms with Crippen LogP contribution in [0.3, 0.4) is 0 Å². The van der Waals surface area contributed by atoms with Crippen LogP contribution in [0, 0.1) is 5.21 Å². The Balaban J connectivity index is 2.82. The normalized spacial score (nSPS) is 18.0. The van der Waals surface area contributed by atoms with Crippen molar-refractivity contribution in [2.75, 3.05) is 13.6 Å². The molecule has 5 nitrogen and oxygen atoms in total. The van der Waals surface area contributed by atoms with Crippen molar-refractivity contribution >= 4 is 17.3 Å². The second kappa shape index (κ2) is 4.08. The maximum atomic E-state index is 11.3. The third-order valence-corrected chi connectivity index (χ3v) is 1.66. The largest absolute Gasteiger partial charge is 0.634 e. The molecular formula is C9H9NO4. The fraction of sp³-hybridized carbons (Fsp3) is 0.222. The van der Waals surface area contributed by atoms with E-state index in [-0.39, 0.29) is 17.2 Å². The highest BCUT2D eigenvalue weighted by atomic mass is 16.5. The summed E-state index contributed by atoms with van der Waals surface area (Å²) in [6, 6.07) is 0. The fourth-order valence-electron chi connectivity index (χ4n) is 1.05. The molecule has 1 unspecified atom stereocenters. The van der Waals surface area contributed by atoms with Crippen LogP contribution < -0.4 is 5.06 Å². The van der Waals surface area contributed by atoms with Crippen LogP contribution >= 0.6 is 0 Å². The van der Waals surface area contributed by atoms with Gasteiger partial charge in [0.25, 0.3) is 0 Å². The Bertz CT molecular complexity index is 352. The van der Waals surface area contributed by atoms with Gasteiger partial charge >= 0.3 is 0 Å². The van der Waals surface area contributed by atoms with Gasteiger partial charge in [0.1, 0.15) is 6.54 Å². The zero-order chi connectivity index (χ0) is 10.7. The Morgan fingerprint density at radius 3 is 2.64 bits per heavy atom. The molecule has 0 heterocycles. The number of quaternary nitrogens is 1. The van der Waals surface area contributed by atoms with Gasteiger partial charge in [-0.15, -0.1) is 0 Å². The van der Waals surface area contributed by atoms with E-state index in [9.17, 15) is 19.6 Å². The van der Waals surface area contributed by atoms with Gasteiger partial charge in [0, 0.05) is 6.08 Å². The van der Waals surface area contributed by atoms with Gasteiger partial charge in [-0.25, -0.2) is 0 Å². The highest BCUT2D eigenvalue weighted by molar-refractivity contribution is 6.30. The van der Waals surface area contributed by atoms with Gasteiger partial charge in [-0.1, -0.05) is 0 Å². The fourth-order valence-corrected chi connectivity index (χ4v) is 1.05. The van der Waals surface area contributed by atoms with E-state index < -0.39 is 17.3 Å². The van der Waals surface area contributed by atoms with E-state index in [1.165, 1.54) is 7.05 Å². The maximum absolute atomic E-state index is 11.3. The van der Waals surface area contributed by atoms with Crippen molar-refractivity contribution < 1.29 is 19.4 Å². The van der Waals surface area contributed by atoms with Gasteiger partial charge < -0.3 is 10.3 Å². The number of allylic oxidation sites excluding steroid dienone is 3. The Morgan fingerprint density at radius 2 is 2.07 bits per heavy atom. The molecule has 74 valence electrons. The van der Waals surface area contributed by atoms with Crippen LogP contribution in [0.1, 0.15) is 0 Å². The summed E-state index contributed by atoms with van der Waals surface area (Å²) in [6.45, 7) is -0.335. The lowest BCUT2D eigenvalue weighted by Crippen LogP contribution is -3.04. The standard InChI is InChI=1S/C9H9NO4/c1-10(14)5-9(13)7-4-6(11)2-3-8(7)12/h2-4,10H,5H2,1H3. The van der Waals surface area contributed by atoms with Crippen molar-refractivity contribution in [2.45, 2.75) is 0 Å². The number of hydrogen-bond acceptors (Lipinski definition) is 4. The molecule has 0 spiro atoms. The first-order valence-electron chi connectivity index (χ1n) is 4.01. The van der Waals surface area contributed by atoms with E-state index in [0.29, 0.717) is 0 Å². The number of carbonyl (C=O) groups is 3.